The van der Waals surface area contributed by atoms with Crippen LogP contribution < -0.4 is 0 Å². The highest BCUT2D eigenvalue weighted by molar-refractivity contribution is 7.98. The Morgan fingerprint density at radius 2 is 1.79 bits per heavy atom. The van der Waals surface area contributed by atoms with Crippen LogP contribution in [0.3, 0.4) is 0 Å². The first-order valence-electron chi connectivity index (χ1n) is 5.77. The van der Waals surface area contributed by atoms with E-state index in [1.807, 2.05) is 48.7 Å². The van der Waals surface area contributed by atoms with Crippen molar-refractivity contribution in [2.24, 2.45) is 0 Å². The van der Waals surface area contributed by atoms with Crippen molar-refractivity contribution in [2.45, 2.75) is 11.0 Å². The van der Waals surface area contributed by atoms with E-state index in [2.05, 4.69) is 0 Å². The highest BCUT2D eigenvalue weighted by Gasteiger charge is 2.19. The third-order valence-corrected chi connectivity index (χ3v) is 3.66. The van der Waals surface area contributed by atoms with E-state index in [4.69, 9.17) is 5.11 Å². The molecule has 4 heteroatoms. The second kappa shape index (κ2) is 5.91. The molecular weight excluding hydrogens is 260 g/mol. The molecule has 1 unspecified atom stereocenters. The van der Waals surface area contributed by atoms with E-state index in [1.54, 1.807) is 6.07 Å². The van der Waals surface area contributed by atoms with Gasteiger partial charge in [0.2, 0.25) is 0 Å². The predicted molar refractivity (Wildman–Crippen MR) is 76.3 cm³/mol. The number of benzene rings is 2. The summed E-state index contributed by atoms with van der Waals surface area (Å²) < 4.78 is 0. The zero-order valence-electron chi connectivity index (χ0n) is 10.4. The summed E-state index contributed by atoms with van der Waals surface area (Å²) in [6, 6.07) is 15.2. The average Bonchev–Trinajstić information content (AvgIpc) is 2.46. The van der Waals surface area contributed by atoms with E-state index < -0.39 is 12.1 Å². The molecular formula is C15H14O3S. The minimum absolute atomic E-state index is 0.430. The van der Waals surface area contributed by atoms with Crippen molar-refractivity contribution in [3.8, 4) is 11.1 Å². The number of hydrogen-bond donors (Lipinski definition) is 2. The number of rotatable bonds is 4. The van der Waals surface area contributed by atoms with Gasteiger partial charge >= 0.3 is 5.97 Å². The van der Waals surface area contributed by atoms with Gasteiger partial charge < -0.3 is 10.2 Å². The monoisotopic (exact) mass is 274 g/mol. The van der Waals surface area contributed by atoms with Crippen LogP contribution in [0.4, 0.5) is 0 Å². The summed E-state index contributed by atoms with van der Waals surface area (Å²) in [5.74, 6) is -1.23. The standard InChI is InChI=1S/C15H14O3S/c1-19-13-9-11(10-5-3-2-4-6-10)7-8-12(13)14(16)15(17)18/h2-9,14,16H,1H3,(H,17,18). The van der Waals surface area contributed by atoms with Gasteiger partial charge in [-0.1, -0.05) is 42.5 Å². The molecule has 2 rings (SSSR count). The minimum Gasteiger partial charge on any atom is -0.479 e. The molecule has 0 aliphatic heterocycles. The summed E-state index contributed by atoms with van der Waals surface area (Å²) in [7, 11) is 0. The number of hydrogen-bond acceptors (Lipinski definition) is 3. The van der Waals surface area contributed by atoms with Gasteiger partial charge in [-0.2, -0.15) is 0 Å². The van der Waals surface area contributed by atoms with Crippen molar-refractivity contribution in [2.75, 3.05) is 6.26 Å². The van der Waals surface area contributed by atoms with Crippen molar-refractivity contribution in [3.05, 3.63) is 54.1 Å². The lowest BCUT2D eigenvalue weighted by Crippen LogP contribution is -2.11. The number of carbonyl (C=O) groups is 1. The molecule has 3 nitrogen and oxygen atoms in total. The van der Waals surface area contributed by atoms with Gasteiger partial charge in [0.15, 0.2) is 6.10 Å². The molecule has 2 aromatic rings. The summed E-state index contributed by atoms with van der Waals surface area (Å²) in [5, 5.41) is 18.5. The van der Waals surface area contributed by atoms with Gasteiger partial charge in [-0.15, -0.1) is 11.8 Å². The van der Waals surface area contributed by atoms with Crippen LogP contribution in [0.2, 0.25) is 0 Å². The van der Waals surface area contributed by atoms with Crippen molar-refractivity contribution >= 4 is 17.7 Å². The Morgan fingerprint density at radius 1 is 1.11 bits per heavy atom. The zero-order valence-corrected chi connectivity index (χ0v) is 11.2. The molecule has 0 aliphatic carbocycles. The first-order valence-corrected chi connectivity index (χ1v) is 7.00. The first kappa shape index (κ1) is 13.6. The van der Waals surface area contributed by atoms with Crippen molar-refractivity contribution in [3.63, 3.8) is 0 Å². The molecule has 0 radical (unpaired) electrons. The molecule has 2 aromatic carbocycles. The summed E-state index contributed by atoms with van der Waals surface area (Å²) in [5.41, 5.74) is 2.50. The number of thioether (sulfide) groups is 1. The molecule has 0 saturated heterocycles. The number of aliphatic hydroxyl groups excluding tert-OH is 1. The lowest BCUT2D eigenvalue weighted by molar-refractivity contribution is -0.147. The second-order valence-corrected chi connectivity index (χ2v) is 4.91. The van der Waals surface area contributed by atoms with Crippen molar-refractivity contribution in [1.29, 1.82) is 0 Å². The van der Waals surface area contributed by atoms with Crippen LogP contribution in [0.1, 0.15) is 11.7 Å². The fourth-order valence-electron chi connectivity index (χ4n) is 1.88. The number of carboxylic acids is 1. The van der Waals surface area contributed by atoms with E-state index in [9.17, 15) is 9.90 Å². The van der Waals surface area contributed by atoms with Crippen LogP contribution in [0, 0.1) is 0 Å². The molecule has 2 N–H and O–H groups in total. The lowest BCUT2D eigenvalue weighted by Gasteiger charge is -2.12. The van der Waals surface area contributed by atoms with Gasteiger partial charge in [-0.3, -0.25) is 0 Å². The van der Waals surface area contributed by atoms with Crippen LogP contribution in [-0.4, -0.2) is 22.4 Å². The largest absolute Gasteiger partial charge is 0.479 e. The molecule has 1 atom stereocenters. The van der Waals surface area contributed by atoms with Gasteiger partial charge in [-0.05, 0) is 23.4 Å². The van der Waals surface area contributed by atoms with E-state index in [1.165, 1.54) is 11.8 Å². The van der Waals surface area contributed by atoms with E-state index >= 15 is 0 Å². The Bertz CT molecular complexity index is 581. The Balaban J connectivity index is 2.45. The topological polar surface area (TPSA) is 57.5 Å². The highest BCUT2D eigenvalue weighted by atomic mass is 32.2. The minimum atomic E-state index is -1.48. The zero-order chi connectivity index (χ0) is 13.8. The summed E-state index contributed by atoms with van der Waals surface area (Å²) in [6.07, 6.45) is 0.384. The van der Waals surface area contributed by atoms with Crippen LogP contribution in [0.5, 0.6) is 0 Å². The SMILES string of the molecule is CSc1cc(-c2ccccc2)ccc1C(O)C(=O)O. The Kier molecular flexibility index (Phi) is 4.24. The maximum absolute atomic E-state index is 10.9. The third kappa shape index (κ3) is 2.97. The number of aliphatic hydroxyl groups is 1. The van der Waals surface area contributed by atoms with Crippen LogP contribution in [0.15, 0.2) is 53.4 Å². The van der Waals surface area contributed by atoms with E-state index in [-0.39, 0.29) is 0 Å². The molecule has 0 fully saturated rings. The third-order valence-electron chi connectivity index (χ3n) is 2.87. The molecule has 0 spiro atoms. The molecule has 0 heterocycles. The normalized spacial score (nSPS) is 12.1. The molecule has 0 bridgehead atoms. The maximum atomic E-state index is 10.9. The Labute approximate surface area is 115 Å². The molecule has 0 aromatic heterocycles. The summed E-state index contributed by atoms with van der Waals surface area (Å²) in [4.78, 5) is 11.6. The van der Waals surface area contributed by atoms with Gasteiger partial charge in [0.05, 0.1) is 0 Å². The summed E-state index contributed by atoms with van der Waals surface area (Å²) >= 11 is 1.43. The summed E-state index contributed by atoms with van der Waals surface area (Å²) in [6.45, 7) is 0. The van der Waals surface area contributed by atoms with Gasteiger partial charge in [0.25, 0.3) is 0 Å². The quantitative estimate of drug-likeness (QED) is 0.841. The molecule has 19 heavy (non-hydrogen) atoms. The molecule has 98 valence electrons. The van der Waals surface area contributed by atoms with Crippen LogP contribution in [-0.2, 0) is 4.79 Å². The fraction of sp³-hybridized carbons (Fsp3) is 0.133. The van der Waals surface area contributed by atoms with Gasteiger partial charge in [0, 0.05) is 10.5 Å². The van der Waals surface area contributed by atoms with Crippen LogP contribution in [0.25, 0.3) is 11.1 Å². The fourth-order valence-corrected chi connectivity index (χ4v) is 2.54. The predicted octanol–water partition coefficient (Wildman–Crippen LogP) is 3.19. The molecule has 0 aliphatic rings. The maximum Gasteiger partial charge on any atom is 0.337 e. The van der Waals surface area contributed by atoms with E-state index in [0.717, 1.165) is 16.0 Å². The number of aliphatic carboxylic acids is 1. The van der Waals surface area contributed by atoms with Crippen molar-refractivity contribution in [1.82, 2.24) is 0 Å². The second-order valence-electron chi connectivity index (χ2n) is 4.06. The Morgan fingerprint density at radius 3 is 2.37 bits per heavy atom. The number of carboxylic acid groups (broad SMARTS) is 1. The molecule has 0 saturated carbocycles. The van der Waals surface area contributed by atoms with Crippen LogP contribution >= 0.6 is 11.8 Å². The van der Waals surface area contributed by atoms with Gasteiger partial charge in [0.1, 0.15) is 0 Å². The lowest BCUT2D eigenvalue weighted by atomic mass is 10.0. The van der Waals surface area contributed by atoms with Gasteiger partial charge in [-0.25, -0.2) is 4.79 Å². The van der Waals surface area contributed by atoms with Crippen molar-refractivity contribution < 1.29 is 15.0 Å². The smallest absolute Gasteiger partial charge is 0.337 e. The first-order chi connectivity index (χ1) is 9.13. The Hall–Kier alpha value is -1.78. The average molecular weight is 274 g/mol. The highest BCUT2D eigenvalue weighted by Crippen LogP contribution is 2.31. The van der Waals surface area contributed by atoms with E-state index in [0.29, 0.717) is 5.56 Å². The molecule has 0 amide bonds.